The van der Waals surface area contributed by atoms with Gasteiger partial charge in [-0.2, -0.15) is 0 Å². The number of benzene rings is 2. The van der Waals surface area contributed by atoms with E-state index in [-0.39, 0.29) is 0 Å². The molecule has 7 heteroatoms. The van der Waals surface area contributed by atoms with Crippen LogP contribution in [0.15, 0.2) is 30.3 Å². The van der Waals surface area contributed by atoms with E-state index >= 15 is 0 Å². The second-order valence-electron chi connectivity index (χ2n) is 6.48. The van der Waals surface area contributed by atoms with Crippen LogP contribution < -0.4 is 10.6 Å². The molecular formula is C19H17F3N2O2. The van der Waals surface area contributed by atoms with Gasteiger partial charge < -0.3 is 10.6 Å². The maximum atomic E-state index is 13.8. The number of aryl methyl sites for hydroxylation is 2. The van der Waals surface area contributed by atoms with E-state index in [1.165, 1.54) is 0 Å². The fourth-order valence-corrected chi connectivity index (χ4v) is 2.79. The summed E-state index contributed by atoms with van der Waals surface area (Å²) in [6, 6.07) is 7.15. The normalized spacial score (nSPS) is 14.7. The first kappa shape index (κ1) is 18.0. The minimum absolute atomic E-state index is 0.293. The molecule has 26 heavy (non-hydrogen) atoms. The fraction of sp³-hybridized carbons (Fsp3) is 0.263. The van der Waals surface area contributed by atoms with Gasteiger partial charge in [-0.1, -0.05) is 18.2 Å². The molecule has 1 saturated carbocycles. The molecule has 1 aliphatic carbocycles. The minimum Gasteiger partial charge on any atom is -0.325 e. The van der Waals surface area contributed by atoms with E-state index < -0.39 is 40.4 Å². The zero-order valence-corrected chi connectivity index (χ0v) is 14.3. The number of carbonyl (C=O) groups excluding carboxylic acids is 2. The molecule has 2 aromatic rings. The lowest BCUT2D eigenvalue weighted by atomic mass is 10.0. The largest absolute Gasteiger partial charge is 0.325 e. The summed E-state index contributed by atoms with van der Waals surface area (Å²) in [4.78, 5) is 25.1. The Balaban J connectivity index is 1.79. The molecule has 2 amide bonds. The first-order valence-corrected chi connectivity index (χ1v) is 8.09. The monoisotopic (exact) mass is 362 g/mol. The van der Waals surface area contributed by atoms with Gasteiger partial charge in [-0.3, -0.25) is 9.59 Å². The number of amides is 2. The summed E-state index contributed by atoms with van der Waals surface area (Å²) in [5, 5.41) is 4.95. The predicted molar refractivity (Wildman–Crippen MR) is 91.2 cm³/mol. The number of hydrogen-bond donors (Lipinski definition) is 2. The molecule has 0 heterocycles. The molecular weight excluding hydrogens is 345 g/mol. The van der Waals surface area contributed by atoms with Gasteiger partial charge in [-0.15, -0.1) is 0 Å². The first-order valence-electron chi connectivity index (χ1n) is 8.09. The van der Waals surface area contributed by atoms with E-state index in [1.807, 2.05) is 32.0 Å². The lowest BCUT2D eigenvalue weighted by molar-refractivity contribution is -0.131. The Bertz CT molecular complexity index is 888. The third-order valence-electron chi connectivity index (χ3n) is 4.62. The van der Waals surface area contributed by atoms with E-state index in [9.17, 15) is 22.8 Å². The summed E-state index contributed by atoms with van der Waals surface area (Å²) in [5.74, 6) is -5.77. The molecule has 0 saturated heterocycles. The SMILES string of the molecule is Cc1cccc(C)c1NC(=O)C1(C(=O)Nc2ccc(F)c(F)c2F)CC1. The lowest BCUT2D eigenvalue weighted by Crippen LogP contribution is -2.36. The summed E-state index contributed by atoms with van der Waals surface area (Å²) >= 11 is 0. The van der Waals surface area contributed by atoms with Crippen LogP contribution in [0.2, 0.25) is 0 Å². The van der Waals surface area contributed by atoms with Crippen molar-refractivity contribution >= 4 is 23.2 Å². The standard InChI is InChI=1S/C19H17F3N2O2/c1-10-4-3-5-11(2)16(10)24-18(26)19(8-9-19)17(25)23-13-7-6-12(20)14(21)15(13)22/h3-7H,8-9H2,1-2H3,(H,23,25)(H,24,26). The summed E-state index contributed by atoms with van der Waals surface area (Å²) in [6.07, 6.45) is 0.585. The number of rotatable bonds is 4. The Kier molecular flexibility index (Phi) is 4.48. The van der Waals surface area contributed by atoms with Gasteiger partial charge in [0.1, 0.15) is 5.41 Å². The summed E-state index contributed by atoms with van der Waals surface area (Å²) in [7, 11) is 0. The predicted octanol–water partition coefficient (Wildman–Crippen LogP) is 4.08. The Labute approximate surface area is 148 Å². The quantitative estimate of drug-likeness (QED) is 0.636. The van der Waals surface area contributed by atoms with E-state index in [4.69, 9.17) is 0 Å². The van der Waals surface area contributed by atoms with Crippen LogP contribution in [0.1, 0.15) is 24.0 Å². The molecule has 0 bridgehead atoms. The van der Waals surface area contributed by atoms with Crippen molar-refractivity contribution in [1.82, 2.24) is 0 Å². The van der Waals surface area contributed by atoms with Crippen LogP contribution in [0, 0.1) is 36.7 Å². The minimum atomic E-state index is -1.67. The third-order valence-corrected chi connectivity index (χ3v) is 4.62. The van der Waals surface area contributed by atoms with Crippen LogP contribution >= 0.6 is 0 Å². The Morgan fingerprint density at radius 1 is 0.885 bits per heavy atom. The van der Waals surface area contributed by atoms with Gasteiger partial charge in [0.05, 0.1) is 5.69 Å². The van der Waals surface area contributed by atoms with Gasteiger partial charge in [-0.05, 0) is 49.9 Å². The van der Waals surface area contributed by atoms with Gasteiger partial charge in [0.25, 0.3) is 0 Å². The van der Waals surface area contributed by atoms with Crippen molar-refractivity contribution < 1.29 is 22.8 Å². The summed E-state index contributed by atoms with van der Waals surface area (Å²) < 4.78 is 40.1. The second-order valence-corrected chi connectivity index (χ2v) is 6.48. The molecule has 0 aliphatic heterocycles. The highest BCUT2D eigenvalue weighted by molar-refractivity contribution is 6.17. The average molecular weight is 362 g/mol. The van der Waals surface area contributed by atoms with E-state index in [0.29, 0.717) is 24.6 Å². The highest BCUT2D eigenvalue weighted by Gasteiger charge is 2.56. The second kappa shape index (κ2) is 6.48. The van der Waals surface area contributed by atoms with Crippen molar-refractivity contribution in [2.75, 3.05) is 10.6 Å². The zero-order valence-electron chi connectivity index (χ0n) is 14.3. The fourth-order valence-electron chi connectivity index (χ4n) is 2.79. The van der Waals surface area contributed by atoms with Gasteiger partial charge in [0.15, 0.2) is 17.5 Å². The van der Waals surface area contributed by atoms with Crippen molar-refractivity contribution in [2.24, 2.45) is 5.41 Å². The first-order chi connectivity index (χ1) is 12.3. The Morgan fingerprint density at radius 3 is 2.04 bits per heavy atom. The topological polar surface area (TPSA) is 58.2 Å². The van der Waals surface area contributed by atoms with Crippen molar-refractivity contribution in [3.05, 3.63) is 58.9 Å². The smallest absolute Gasteiger partial charge is 0.240 e. The van der Waals surface area contributed by atoms with Crippen molar-refractivity contribution in [1.29, 1.82) is 0 Å². The molecule has 136 valence electrons. The van der Waals surface area contributed by atoms with Crippen LogP contribution in [0.25, 0.3) is 0 Å². The summed E-state index contributed by atoms with van der Waals surface area (Å²) in [5.41, 5.74) is 0.476. The number of para-hydroxylation sites is 1. The van der Waals surface area contributed by atoms with Gasteiger partial charge >= 0.3 is 0 Å². The van der Waals surface area contributed by atoms with Crippen LogP contribution in [-0.4, -0.2) is 11.8 Å². The third kappa shape index (κ3) is 3.05. The summed E-state index contributed by atoms with van der Waals surface area (Å²) in [6.45, 7) is 3.66. The molecule has 0 aromatic heterocycles. The maximum absolute atomic E-state index is 13.8. The molecule has 2 N–H and O–H groups in total. The molecule has 0 radical (unpaired) electrons. The van der Waals surface area contributed by atoms with E-state index in [2.05, 4.69) is 10.6 Å². The molecule has 3 rings (SSSR count). The van der Waals surface area contributed by atoms with Crippen LogP contribution in [0.3, 0.4) is 0 Å². The van der Waals surface area contributed by atoms with E-state index in [1.54, 1.807) is 0 Å². The van der Waals surface area contributed by atoms with E-state index in [0.717, 1.165) is 17.2 Å². The Hall–Kier alpha value is -2.83. The van der Waals surface area contributed by atoms with Gasteiger partial charge in [0, 0.05) is 5.69 Å². The molecule has 0 unspecified atom stereocenters. The number of anilines is 2. The van der Waals surface area contributed by atoms with Crippen molar-refractivity contribution in [2.45, 2.75) is 26.7 Å². The molecule has 4 nitrogen and oxygen atoms in total. The van der Waals surface area contributed by atoms with Crippen LogP contribution in [0.5, 0.6) is 0 Å². The molecule has 0 atom stereocenters. The lowest BCUT2D eigenvalue weighted by Gasteiger charge is -2.18. The van der Waals surface area contributed by atoms with Crippen molar-refractivity contribution in [3.63, 3.8) is 0 Å². The number of halogens is 3. The molecule has 2 aromatic carbocycles. The number of hydrogen-bond acceptors (Lipinski definition) is 2. The molecule has 1 aliphatic rings. The maximum Gasteiger partial charge on any atom is 0.240 e. The van der Waals surface area contributed by atoms with Gasteiger partial charge in [0.2, 0.25) is 11.8 Å². The Morgan fingerprint density at radius 2 is 1.46 bits per heavy atom. The molecule has 1 fully saturated rings. The highest BCUT2D eigenvalue weighted by Crippen LogP contribution is 2.48. The zero-order chi connectivity index (χ0) is 19.1. The van der Waals surface area contributed by atoms with Crippen molar-refractivity contribution in [3.8, 4) is 0 Å². The average Bonchev–Trinajstić information content (AvgIpc) is 3.40. The number of carbonyl (C=O) groups is 2. The van der Waals surface area contributed by atoms with Crippen LogP contribution in [0.4, 0.5) is 24.5 Å². The van der Waals surface area contributed by atoms with Gasteiger partial charge in [-0.25, -0.2) is 13.2 Å². The highest BCUT2D eigenvalue weighted by atomic mass is 19.2. The molecule has 0 spiro atoms. The number of nitrogens with one attached hydrogen (secondary N) is 2. The van der Waals surface area contributed by atoms with Crippen LogP contribution in [-0.2, 0) is 9.59 Å².